The first kappa shape index (κ1) is 47.8. The average Bonchev–Trinajstić information content (AvgIpc) is 3.79. The highest BCUT2D eigenvalue weighted by Gasteiger charge is 2.61. The lowest BCUT2D eigenvalue weighted by Gasteiger charge is -2.56. The van der Waals surface area contributed by atoms with Gasteiger partial charge in [0, 0.05) is 31.3 Å². The molecule has 0 saturated heterocycles. The van der Waals surface area contributed by atoms with Crippen LogP contribution in [-0.2, 0) is 9.63 Å². The second kappa shape index (κ2) is 19.0. The number of halogens is 1. The van der Waals surface area contributed by atoms with Crippen LogP contribution < -0.4 is 0 Å². The van der Waals surface area contributed by atoms with Crippen molar-refractivity contribution in [3.8, 4) is 0 Å². The summed E-state index contributed by atoms with van der Waals surface area (Å²) in [6.45, 7) is 8.89. The Bertz CT molecular complexity index is 1830. The molecule has 0 aromatic carbocycles. The number of rotatable bonds is 4. The highest BCUT2D eigenvalue weighted by Crippen LogP contribution is 2.66. The smallest absolute Gasteiger partial charge is 0.249 e. The van der Waals surface area contributed by atoms with Gasteiger partial charge in [-0.05, 0) is 240 Å². The third kappa shape index (κ3) is 9.27. The zero-order chi connectivity index (χ0) is 43.3. The molecule has 8 aliphatic carbocycles. The van der Waals surface area contributed by atoms with Crippen molar-refractivity contribution in [1.82, 2.24) is 15.0 Å². The van der Waals surface area contributed by atoms with Gasteiger partial charge in [0.25, 0.3) is 0 Å². The molecule has 2 heterocycles. The van der Waals surface area contributed by atoms with E-state index in [0.29, 0.717) is 17.5 Å². The predicted molar refractivity (Wildman–Crippen MR) is 249 cm³/mol. The fourth-order valence-corrected chi connectivity index (χ4v) is 16.6. The second-order valence-electron chi connectivity index (χ2n) is 22.4. The van der Waals surface area contributed by atoms with E-state index < -0.39 is 11.2 Å². The van der Waals surface area contributed by atoms with Crippen molar-refractivity contribution in [2.45, 2.75) is 162 Å². The Labute approximate surface area is 382 Å². The molecular weight excluding hydrogens is 839 g/mol. The topological polar surface area (TPSA) is 113 Å². The summed E-state index contributed by atoms with van der Waals surface area (Å²) in [6, 6.07) is 11.4. The molecule has 0 aliphatic heterocycles. The summed E-state index contributed by atoms with van der Waals surface area (Å²) in [5.74, 6) is 8.47. The summed E-state index contributed by atoms with van der Waals surface area (Å²) in [6.07, 6.45) is 24.5. The first-order chi connectivity index (χ1) is 29.0. The molecule has 1 amide bonds. The zero-order valence-electron chi connectivity index (χ0n) is 38.1. The van der Waals surface area contributed by atoms with Gasteiger partial charge in [-0.25, -0.2) is 10.0 Å². The Morgan fingerprint density at radius 1 is 0.629 bits per heavy atom. The maximum Gasteiger partial charge on any atom is 0.249 e. The van der Waals surface area contributed by atoms with Gasteiger partial charge in [0.15, 0.2) is 5.78 Å². The number of Topliss-reactive ketones (excluding diaryl/α,β-unsaturated/α-hetero) is 1. The van der Waals surface area contributed by atoms with Gasteiger partial charge < -0.3 is 10.2 Å². The summed E-state index contributed by atoms with van der Waals surface area (Å²) >= 11 is 3.20. The molecule has 8 nitrogen and oxygen atoms in total. The van der Waals surface area contributed by atoms with Crippen LogP contribution in [0.15, 0.2) is 53.4 Å². The number of hydroxylamine groups is 2. The summed E-state index contributed by atoms with van der Waals surface area (Å²) in [5, 5.41) is 22.5. The minimum absolute atomic E-state index is 0. The van der Waals surface area contributed by atoms with Crippen molar-refractivity contribution in [3.63, 3.8) is 0 Å². The van der Waals surface area contributed by atoms with E-state index in [1.165, 1.54) is 82.1 Å². The molecule has 10 rings (SSSR count). The third-order valence-corrected chi connectivity index (χ3v) is 19.7. The second-order valence-corrected chi connectivity index (χ2v) is 23.3. The van der Waals surface area contributed by atoms with Gasteiger partial charge in [-0.3, -0.25) is 19.4 Å². The van der Waals surface area contributed by atoms with Crippen LogP contribution in [0.1, 0.15) is 161 Å². The molecule has 0 spiro atoms. The van der Waals surface area contributed by atoms with Gasteiger partial charge in [0.05, 0.1) is 18.3 Å². The first-order valence-corrected chi connectivity index (χ1v) is 25.1. The molecule has 2 aromatic rings. The lowest BCUT2D eigenvalue weighted by molar-refractivity contribution is -0.180. The van der Waals surface area contributed by atoms with Crippen LogP contribution in [0.2, 0.25) is 0 Å². The largest absolute Gasteiger partial charge is 0.390 e. The van der Waals surface area contributed by atoms with Crippen molar-refractivity contribution >= 4 is 27.6 Å². The number of carbonyl (C=O) groups is 2. The number of aromatic nitrogens is 2. The van der Waals surface area contributed by atoms with E-state index in [-0.39, 0.29) is 41.8 Å². The molecule has 9 heteroatoms. The molecule has 344 valence electrons. The Hall–Kier alpha value is -2.20. The third-order valence-electron chi connectivity index (χ3n) is 19.2. The molecule has 16 atom stereocenters. The highest BCUT2D eigenvalue weighted by molar-refractivity contribution is 9.10. The molecule has 8 saturated carbocycles. The van der Waals surface area contributed by atoms with Crippen LogP contribution in [0, 0.1) is 81.8 Å². The number of ketones is 1. The van der Waals surface area contributed by atoms with Crippen molar-refractivity contribution in [2.75, 3.05) is 14.2 Å². The lowest BCUT2D eigenvalue weighted by Crippen LogP contribution is -2.51. The lowest BCUT2D eigenvalue weighted by atomic mass is 9.49. The maximum atomic E-state index is 13.3. The zero-order valence-corrected chi connectivity index (χ0v) is 39.7. The number of aliphatic hydroxyl groups is 2. The summed E-state index contributed by atoms with van der Waals surface area (Å²) < 4.78 is 0.884. The number of pyridine rings is 2. The van der Waals surface area contributed by atoms with E-state index in [1.807, 2.05) is 50.2 Å². The minimum Gasteiger partial charge on any atom is -0.390 e. The van der Waals surface area contributed by atoms with E-state index >= 15 is 0 Å². The number of hydrogen-bond acceptors (Lipinski definition) is 7. The predicted octanol–water partition coefficient (Wildman–Crippen LogP) is 11.8. The molecule has 8 aliphatic rings. The normalized spacial score (nSPS) is 43.7. The van der Waals surface area contributed by atoms with Crippen molar-refractivity contribution in [1.29, 1.82) is 0 Å². The van der Waals surface area contributed by atoms with Gasteiger partial charge in [-0.1, -0.05) is 33.4 Å². The fraction of sp³-hybridized carbons (Fsp3) is 0.774. The van der Waals surface area contributed by atoms with Crippen LogP contribution in [0.4, 0.5) is 0 Å². The van der Waals surface area contributed by atoms with Gasteiger partial charge >= 0.3 is 0 Å². The van der Waals surface area contributed by atoms with Crippen LogP contribution in [0.5, 0.6) is 0 Å². The van der Waals surface area contributed by atoms with E-state index in [9.17, 15) is 19.8 Å². The Morgan fingerprint density at radius 2 is 1.11 bits per heavy atom. The number of fused-ring (bicyclic) bond motifs is 10. The SMILES string of the molecule is Brc1ccccn1.C.CON(C)C(=O)[C@H]1CC[C@H]2[C@@H]3CC[C@@H]4C[C@](C)(O)CC[C@@H]4[C@H]3CC[C@]12C.C[C@@]1(O)CC[C@H]2[C@H](CC[C@@H]3[C@@H]2CC[C@]2(C)[C@@H](C(=O)c4ccccn4)CC[C@@H]32)C1. The minimum atomic E-state index is -0.440. The molecule has 0 bridgehead atoms. The summed E-state index contributed by atoms with van der Waals surface area (Å²) in [4.78, 5) is 39.6. The Morgan fingerprint density at radius 3 is 1.56 bits per heavy atom. The number of amides is 1. The number of nitrogens with zero attached hydrogens (tertiary/aromatic N) is 3. The first-order valence-electron chi connectivity index (χ1n) is 24.3. The number of hydrogen-bond donors (Lipinski definition) is 2. The van der Waals surface area contributed by atoms with Crippen molar-refractivity contribution in [2.24, 2.45) is 81.8 Å². The van der Waals surface area contributed by atoms with Gasteiger partial charge in [0.1, 0.15) is 10.3 Å². The van der Waals surface area contributed by atoms with E-state index in [2.05, 4.69) is 39.7 Å². The van der Waals surface area contributed by atoms with Crippen LogP contribution in [0.25, 0.3) is 0 Å². The highest BCUT2D eigenvalue weighted by atomic mass is 79.9. The average molecular weight is 919 g/mol. The molecule has 2 N–H and O–H groups in total. The fourth-order valence-electron chi connectivity index (χ4n) is 16.3. The van der Waals surface area contributed by atoms with Gasteiger partial charge in [-0.2, -0.15) is 0 Å². The van der Waals surface area contributed by atoms with Crippen molar-refractivity contribution < 1.29 is 24.6 Å². The molecule has 62 heavy (non-hydrogen) atoms. The van der Waals surface area contributed by atoms with Crippen molar-refractivity contribution in [3.05, 3.63) is 59.1 Å². The molecule has 0 radical (unpaired) electrons. The summed E-state index contributed by atoms with van der Waals surface area (Å²) in [5.41, 5.74) is 0.0907. The molecular formula is C53H80BrN3O5. The van der Waals surface area contributed by atoms with Crippen LogP contribution in [0.3, 0.4) is 0 Å². The van der Waals surface area contributed by atoms with Crippen LogP contribution in [-0.4, -0.2) is 62.3 Å². The van der Waals surface area contributed by atoms with E-state index in [4.69, 9.17) is 4.84 Å². The number of carbonyl (C=O) groups excluding carboxylic acids is 2. The van der Waals surface area contributed by atoms with Gasteiger partial charge in [0.2, 0.25) is 5.91 Å². The standard InChI is InChI=1S/C25H35NO2.C22H37NO3.C5H4BrN.CH4/c1-24(28)12-10-17-16(15-24)6-7-19-18(17)11-13-25(2)20(19)8-9-21(25)23(27)22-5-3-4-14-26-22;1-21(25)11-9-15-14(13-21)5-6-17-16(15)10-12-22(2)18(17)7-8-19(22)20(24)23(3)26-4;6-5-3-1-2-4-7-5;/h3-5,14,16-21,28H,6-13,15H2,1-2H3;14-19,25H,5-13H2,1-4H3;1-4H;1H4/t16-,17+,18-,19-,20+,21-,24-,25+;14-,15+,16-,17-,18+,19-,21-,22+;;/m11../s1. The van der Waals surface area contributed by atoms with Crippen LogP contribution >= 0.6 is 15.9 Å². The maximum absolute atomic E-state index is 13.3. The Balaban J connectivity index is 0.000000159. The molecule has 8 fully saturated rings. The van der Waals surface area contributed by atoms with E-state index in [1.54, 1.807) is 26.6 Å². The quantitative estimate of drug-likeness (QED) is 0.178. The molecule has 0 unspecified atom stereocenters. The molecule has 2 aromatic heterocycles. The monoisotopic (exact) mass is 918 g/mol. The Kier molecular flexibility index (Phi) is 14.6. The summed E-state index contributed by atoms with van der Waals surface area (Å²) in [7, 11) is 3.34. The van der Waals surface area contributed by atoms with E-state index in [0.717, 1.165) is 90.5 Å². The van der Waals surface area contributed by atoms with Gasteiger partial charge in [-0.15, -0.1) is 0 Å².